The zero-order valence-electron chi connectivity index (χ0n) is 7.90. The summed E-state index contributed by atoms with van der Waals surface area (Å²) < 4.78 is 0. The molecule has 2 fully saturated rings. The number of rotatable bonds is 1. The van der Waals surface area contributed by atoms with Gasteiger partial charge in [0.15, 0.2) is 0 Å². The van der Waals surface area contributed by atoms with Gasteiger partial charge in [-0.1, -0.05) is 0 Å². The molecule has 5 heteroatoms. The number of fused-ring (bicyclic) bond motifs is 1. The molecule has 2 aliphatic heterocycles. The number of piperidine rings is 1. The van der Waals surface area contributed by atoms with Crippen molar-refractivity contribution in [1.82, 2.24) is 4.90 Å². The zero-order valence-corrected chi connectivity index (χ0v) is 7.90. The number of hydrogen-bond donors (Lipinski definition) is 2. The van der Waals surface area contributed by atoms with Gasteiger partial charge in [0, 0.05) is 6.54 Å². The molecule has 0 unspecified atom stereocenters. The first kappa shape index (κ1) is 9.45. The molecule has 2 heterocycles. The van der Waals surface area contributed by atoms with E-state index in [0.29, 0.717) is 25.8 Å². The second-order valence-electron chi connectivity index (χ2n) is 4.08. The summed E-state index contributed by atoms with van der Waals surface area (Å²) in [5.74, 6) is -1.08. The van der Waals surface area contributed by atoms with Gasteiger partial charge in [0.1, 0.15) is 5.54 Å². The van der Waals surface area contributed by atoms with Crippen LogP contribution in [0.25, 0.3) is 0 Å². The summed E-state index contributed by atoms with van der Waals surface area (Å²) in [5.41, 5.74) is 4.67. The molecule has 0 saturated carbocycles. The molecule has 0 radical (unpaired) electrons. The van der Waals surface area contributed by atoms with Crippen molar-refractivity contribution in [1.29, 1.82) is 0 Å². The average Bonchev–Trinajstić information content (AvgIpc) is 2.57. The molecular weight excluding hydrogens is 184 g/mol. The van der Waals surface area contributed by atoms with Crippen LogP contribution in [0.1, 0.15) is 25.7 Å². The molecule has 1 amide bonds. The summed E-state index contributed by atoms with van der Waals surface area (Å²) >= 11 is 0. The Labute approximate surface area is 81.9 Å². The Balaban J connectivity index is 2.33. The van der Waals surface area contributed by atoms with Crippen LogP contribution in [-0.4, -0.2) is 40.0 Å². The molecule has 2 aliphatic rings. The first-order chi connectivity index (χ1) is 6.58. The minimum Gasteiger partial charge on any atom is -0.479 e. The fourth-order valence-electron chi connectivity index (χ4n) is 2.51. The highest BCUT2D eigenvalue weighted by atomic mass is 16.4. The fourth-order valence-corrected chi connectivity index (χ4v) is 2.51. The van der Waals surface area contributed by atoms with E-state index in [0.717, 1.165) is 6.42 Å². The van der Waals surface area contributed by atoms with Crippen LogP contribution in [0, 0.1) is 0 Å². The van der Waals surface area contributed by atoms with E-state index in [1.54, 1.807) is 0 Å². The Hall–Kier alpha value is -1.10. The summed E-state index contributed by atoms with van der Waals surface area (Å²) in [6.45, 7) is 0.541. The molecule has 0 aliphatic carbocycles. The summed E-state index contributed by atoms with van der Waals surface area (Å²) in [6, 6.07) is -0.499. The summed E-state index contributed by atoms with van der Waals surface area (Å²) in [5, 5.41) is 9.17. The highest BCUT2D eigenvalue weighted by molar-refractivity contribution is 5.91. The first-order valence-corrected chi connectivity index (χ1v) is 4.88. The third-order valence-electron chi connectivity index (χ3n) is 3.34. The van der Waals surface area contributed by atoms with Gasteiger partial charge in [0.2, 0.25) is 5.91 Å². The predicted molar refractivity (Wildman–Crippen MR) is 48.5 cm³/mol. The minimum absolute atomic E-state index is 0.198. The largest absolute Gasteiger partial charge is 0.479 e. The molecule has 2 saturated heterocycles. The van der Waals surface area contributed by atoms with Gasteiger partial charge in [0.25, 0.3) is 0 Å². The van der Waals surface area contributed by atoms with E-state index in [1.807, 2.05) is 0 Å². The molecule has 78 valence electrons. The van der Waals surface area contributed by atoms with E-state index in [2.05, 4.69) is 0 Å². The first-order valence-electron chi connectivity index (χ1n) is 4.88. The van der Waals surface area contributed by atoms with E-state index in [-0.39, 0.29) is 5.91 Å². The van der Waals surface area contributed by atoms with Crippen LogP contribution in [0.4, 0.5) is 0 Å². The molecule has 2 rings (SSSR count). The second kappa shape index (κ2) is 2.95. The Morgan fingerprint density at radius 3 is 2.93 bits per heavy atom. The van der Waals surface area contributed by atoms with Crippen molar-refractivity contribution in [3.05, 3.63) is 0 Å². The number of carboxylic acids is 1. The Bertz CT molecular complexity index is 292. The van der Waals surface area contributed by atoms with Gasteiger partial charge in [-0.05, 0) is 25.7 Å². The van der Waals surface area contributed by atoms with Crippen LogP contribution in [0.15, 0.2) is 0 Å². The maximum atomic E-state index is 11.7. The predicted octanol–water partition coefficient (Wildman–Crippen LogP) is -0.447. The quantitative estimate of drug-likeness (QED) is 0.598. The van der Waals surface area contributed by atoms with Crippen molar-refractivity contribution < 1.29 is 14.7 Å². The number of carbonyl (C=O) groups excluding carboxylic acids is 1. The van der Waals surface area contributed by atoms with Crippen molar-refractivity contribution >= 4 is 11.9 Å². The van der Waals surface area contributed by atoms with Crippen molar-refractivity contribution in [3.63, 3.8) is 0 Å². The Kier molecular flexibility index (Phi) is 1.99. The summed E-state index contributed by atoms with van der Waals surface area (Å²) in [6.07, 6.45) is 2.32. The van der Waals surface area contributed by atoms with Gasteiger partial charge in [-0.15, -0.1) is 0 Å². The highest BCUT2D eigenvalue weighted by Gasteiger charge is 2.53. The lowest BCUT2D eigenvalue weighted by atomic mass is 9.84. The third-order valence-corrected chi connectivity index (χ3v) is 3.34. The molecule has 0 aromatic heterocycles. The molecule has 0 bridgehead atoms. The highest BCUT2D eigenvalue weighted by Crippen LogP contribution is 2.37. The standard InChI is InChI=1S/C9H14N2O3/c10-6-2-4-9(8(13)14)3-1-5-11(9)7(6)12/h6H,1-5,10H2,(H,13,14)/t6-,9-/m1/s1. The molecule has 3 N–H and O–H groups in total. The number of carbonyl (C=O) groups is 2. The number of amides is 1. The van der Waals surface area contributed by atoms with Gasteiger partial charge in [0.05, 0.1) is 6.04 Å². The van der Waals surface area contributed by atoms with Crippen LogP contribution in [0.2, 0.25) is 0 Å². The Morgan fingerprint density at radius 2 is 2.29 bits per heavy atom. The lowest BCUT2D eigenvalue weighted by molar-refractivity contribution is -0.160. The van der Waals surface area contributed by atoms with E-state index < -0.39 is 17.6 Å². The van der Waals surface area contributed by atoms with Crippen molar-refractivity contribution in [2.24, 2.45) is 5.73 Å². The Morgan fingerprint density at radius 1 is 1.57 bits per heavy atom. The molecular formula is C9H14N2O3. The van der Waals surface area contributed by atoms with Gasteiger partial charge >= 0.3 is 5.97 Å². The number of hydrogen-bond acceptors (Lipinski definition) is 3. The maximum Gasteiger partial charge on any atom is 0.329 e. The van der Waals surface area contributed by atoms with Crippen molar-refractivity contribution in [2.45, 2.75) is 37.3 Å². The summed E-state index contributed by atoms with van der Waals surface area (Å²) in [4.78, 5) is 24.3. The van der Waals surface area contributed by atoms with Crippen LogP contribution in [0.5, 0.6) is 0 Å². The number of nitrogens with two attached hydrogens (primary N) is 1. The van der Waals surface area contributed by atoms with E-state index in [1.165, 1.54) is 4.90 Å². The van der Waals surface area contributed by atoms with E-state index in [4.69, 9.17) is 10.8 Å². The monoisotopic (exact) mass is 198 g/mol. The topological polar surface area (TPSA) is 83.6 Å². The lowest BCUT2D eigenvalue weighted by Crippen LogP contribution is -2.61. The SMILES string of the molecule is N[C@@H]1CC[C@@]2(C(=O)O)CCCN2C1=O. The third kappa shape index (κ3) is 1.05. The van der Waals surface area contributed by atoms with Crippen LogP contribution >= 0.6 is 0 Å². The number of nitrogens with zero attached hydrogens (tertiary/aromatic N) is 1. The summed E-state index contributed by atoms with van der Waals surface area (Å²) in [7, 11) is 0. The number of aliphatic carboxylic acids is 1. The van der Waals surface area contributed by atoms with E-state index in [9.17, 15) is 9.59 Å². The molecule has 0 aromatic carbocycles. The minimum atomic E-state index is -0.938. The zero-order chi connectivity index (χ0) is 10.3. The normalized spacial score (nSPS) is 37.1. The van der Waals surface area contributed by atoms with Crippen LogP contribution < -0.4 is 5.73 Å². The van der Waals surface area contributed by atoms with Crippen LogP contribution in [-0.2, 0) is 9.59 Å². The average molecular weight is 198 g/mol. The van der Waals surface area contributed by atoms with Gasteiger partial charge in [-0.25, -0.2) is 4.79 Å². The lowest BCUT2D eigenvalue weighted by Gasteiger charge is -2.40. The second-order valence-corrected chi connectivity index (χ2v) is 4.08. The molecule has 5 nitrogen and oxygen atoms in total. The smallest absolute Gasteiger partial charge is 0.329 e. The molecule has 14 heavy (non-hydrogen) atoms. The maximum absolute atomic E-state index is 11.7. The molecule has 0 spiro atoms. The molecule has 0 aromatic rings. The van der Waals surface area contributed by atoms with Crippen molar-refractivity contribution in [3.8, 4) is 0 Å². The van der Waals surface area contributed by atoms with E-state index >= 15 is 0 Å². The number of carboxylic acid groups (broad SMARTS) is 1. The van der Waals surface area contributed by atoms with Gasteiger partial charge in [-0.2, -0.15) is 0 Å². The fraction of sp³-hybridized carbons (Fsp3) is 0.778. The van der Waals surface area contributed by atoms with Crippen LogP contribution in [0.3, 0.4) is 0 Å². The molecule has 2 atom stereocenters. The van der Waals surface area contributed by atoms with Gasteiger partial charge in [-0.3, -0.25) is 4.79 Å². The van der Waals surface area contributed by atoms with Crippen molar-refractivity contribution in [2.75, 3.05) is 6.54 Å². The van der Waals surface area contributed by atoms with Gasteiger partial charge < -0.3 is 15.7 Å².